The number of hydrogen-bond acceptors (Lipinski definition) is 1. The lowest BCUT2D eigenvalue weighted by molar-refractivity contribution is 0.0146. The van der Waals surface area contributed by atoms with Gasteiger partial charge in [-0.15, -0.1) is 6.58 Å². The Morgan fingerprint density at radius 3 is 2.00 bits per heavy atom. The molecule has 2 saturated carbocycles. The minimum atomic E-state index is 0.580. The molecule has 0 unspecified atom stereocenters. The van der Waals surface area contributed by atoms with Gasteiger partial charge in [-0.25, -0.2) is 0 Å². The van der Waals surface area contributed by atoms with Gasteiger partial charge in [0.1, 0.15) is 0 Å². The van der Waals surface area contributed by atoms with Gasteiger partial charge in [0.05, 0.1) is 6.10 Å². The molecule has 0 amide bonds. The first-order chi connectivity index (χ1) is 10.8. The second-order valence-electron chi connectivity index (χ2n) is 7.81. The van der Waals surface area contributed by atoms with Crippen molar-refractivity contribution in [1.82, 2.24) is 0 Å². The molecule has 0 bridgehead atoms. The quantitative estimate of drug-likeness (QED) is 0.348. The molecule has 2 aliphatic carbocycles. The van der Waals surface area contributed by atoms with Crippen LogP contribution >= 0.6 is 0 Å². The zero-order valence-corrected chi connectivity index (χ0v) is 14.9. The topological polar surface area (TPSA) is 9.23 Å². The van der Waals surface area contributed by atoms with E-state index >= 15 is 0 Å². The predicted octanol–water partition coefficient (Wildman–Crippen LogP) is 6.52. The van der Waals surface area contributed by atoms with Gasteiger partial charge in [0.2, 0.25) is 0 Å². The zero-order chi connectivity index (χ0) is 15.6. The lowest BCUT2D eigenvalue weighted by Crippen LogP contribution is -2.23. The molecular formula is C21H38O. The van der Waals surface area contributed by atoms with Gasteiger partial charge in [-0.2, -0.15) is 0 Å². The van der Waals surface area contributed by atoms with E-state index in [-0.39, 0.29) is 0 Å². The van der Waals surface area contributed by atoms with Crippen LogP contribution in [-0.2, 0) is 4.74 Å². The third kappa shape index (κ3) is 6.44. The molecular weight excluding hydrogens is 268 g/mol. The van der Waals surface area contributed by atoms with E-state index in [1.807, 2.05) is 0 Å². The minimum absolute atomic E-state index is 0.580. The molecule has 0 atom stereocenters. The number of ether oxygens (including phenoxy) is 1. The second-order valence-corrected chi connectivity index (χ2v) is 7.81. The summed E-state index contributed by atoms with van der Waals surface area (Å²) in [6.07, 6.45) is 20.8. The van der Waals surface area contributed by atoms with Crippen molar-refractivity contribution in [2.75, 3.05) is 6.61 Å². The molecule has 1 nitrogen and oxygen atoms in total. The summed E-state index contributed by atoms with van der Waals surface area (Å²) >= 11 is 0. The van der Waals surface area contributed by atoms with Crippen LogP contribution in [0.2, 0.25) is 0 Å². The highest BCUT2D eigenvalue weighted by Gasteiger charge is 2.24. The summed E-state index contributed by atoms with van der Waals surface area (Å²) in [6, 6.07) is 0. The molecule has 1 heteroatoms. The summed E-state index contributed by atoms with van der Waals surface area (Å²) in [5, 5.41) is 0. The van der Waals surface area contributed by atoms with Crippen molar-refractivity contribution in [2.24, 2.45) is 17.8 Å². The Morgan fingerprint density at radius 2 is 1.45 bits per heavy atom. The Balaban J connectivity index is 1.51. The van der Waals surface area contributed by atoms with Crippen molar-refractivity contribution in [2.45, 2.75) is 96.5 Å². The van der Waals surface area contributed by atoms with Crippen LogP contribution in [0.4, 0.5) is 0 Å². The van der Waals surface area contributed by atoms with Crippen molar-refractivity contribution in [3.05, 3.63) is 12.7 Å². The summed E-state index contributed by atoms with van der Waals surface area (Å²) in [4.78, 5) is 0. The normalized spacial score (nSPS) is 32.8. The Morgan fingerprint density at radius 1 is 0.864 bits per heavy atom. The molecule has 0 aromatic heterocycles. The number of allylic oxidation sites excluding steroid dienone is 1. The number of rotatable bonds is 9. The number of hydrogen-bond donors (Lipinski definition) is 0. The van der Waals surface area contributed by atoms with Crippen LogP contribution in [0, 0.1) is 17.8 Å². The van der Waals surface area contributed by atoms with E-state index in [2.05, 4.69) is 19.6 Å². The SMILES string of the molecule is C=CC1CCC(CCC2CCC(OCCCCC)CC2)CC1. The van der Waals surface area contributed by atoms with E-state index in [9.17, 15) is 0 Å². The second kappa shape index (κ2) is 10.5. The van der Waals surface area contributed by atoms with Crippen molar-refractivity contribution in [3.63, 3.8) is 0 Å². The maximum atomic E-state index is 6.04. The fourth-order valence-electron chi connectivity index (χ4n) is 4.37. The van der Waals surface area contributed by atoms with Gasteiger partial charge >= 0.3 is 0 Å². The summed E-state index contributed by atoms with van der Waals surface area (Å²) < 4.78 is 6.04. The van der Waals surface area contributed by atoms with Gasteiger partial charge in [0.15, 0.2) is 0 Å². The monoisotopic (exact) mass is 306 g/mol. The highest BCUT2D eigenvalue weighted by atomic mass is 16.5. The molecule has 0 radical (unpaired) electrons. The molecule has 22 heavy (non-hydrogen) atoms. The molecule has 2 rings (SSSR count). The molecule has 2 aliphatic rings. The summed E-state index contributed by atoms with van der Waals surface area (Å²) in [7, 11) is 0. The molecule has 128 valence electrons. The summed E-state index contributed by atoms with van der Waals surface area (Å²) in [6.45, 7) is 7.21. The summed E-state index contributed by atoms with van der Waals surface area (Å²) in [5.41, 5.74) is 0. The van der Waals surface area contributed by atoms with Crippen LogP contribution in [0.25, 0.3) is 0 Å². The smallest absolute Gasteiger partial charge is 0.0575 e. The van der Waals surface area contributed by atoms with Crippen molar-refractivity contribution >= 4 is 0 Å². The maximum Gasteiger partial charge on any atom is 0.0575 e. The minimum Gasteiger partial charge on any atom is -0.378 e. The molecule has 0 aromatic carbocycles. The van der Waals surface area contributed by atoms with Crippen LogP contribution in [0.1, 0.15) is 90.4 Å². The van der Waals surface area contributed by atoms with E-state index in [4.69, 9.17) is 4.74 Å². The summed E-state index contributed by atoms with van der Waals surface area (Å²) in [5.74, 6) is 2.82. The Bertz CT molecular complexity index is 282. The largest absolute Gasteiger partial charge is 0.378 e. The molecule has 0 N–H and O–H groups in total. The predicted molar refractivity (Wildman–Crippen MR) is 96.1 cm³/mol. The van der Waals surface area contributed by atoms with E-state index in [1.54, 1.807) is 0 Å². The standard InChI is InChI=1S/C21H38O/c1-3-5-6-17-22-21-15-13-20(14-16-21)12-11-19-9-7-18(4-2)8-10-19/h4,18-21H,2-3,5-17H2,1H3. The van der Waals surface area contributed by atoms with Gasteiger partial charge in [-0.05, 0) is 75.5 Å². The number of unbranched alkanes of at least 4 members (excludes halogenated alkanes) is 2. The molecule has 0 saturated heterocycles. The van der Waals surface area contributed by atoms with Crippen LogP contribution in [0.5, 0.6) is 0 Å². The van der Waals surface area contributed by atoms with Crippen LogP contribution < -0.4 is 0 Å². The molecule has 2 fully saturated rings. The van der Waals surface area contributed by atoms with Crippen molar-refractivity contribution in [1.29, 1.82) is 0 Å². The third-order valence-electron chi connectivity index (χ3n) is 6.10. The highest BCUT2D eigenvalue weighted by Crippen LogP contribution is 2.36. The van der Waals surface area contributed by atoms with Crippen LogP contribution in [-0.4, -0.2) is 12.7 Å². The third-order valence-corrected chi connectivity index (χ3v) is 6.10. The van der Waals surface area contributed by atoms with Gasteiger partial charge in [-0.1, -0.05) is 38.7 Å². The van der Waals surface area contributed by atoms with Gasteiger partial charge in [0, 0.05) is 6.61 Å². The van der Waals surface area contributed by atoms with E-state index in [1.165, 1.54) is 83.5 Å². The lowest BCUT2D eigenvalue weighted by atomic mass is 9.77. The average molecular weight is 307 g/mol. The van der Waals surface area contributed by atoms with Crippen LogP contribution in [0.3, 0.4) is 0 Å². The zero-order valence-electron chi connectivity index (χ0n) is 14.9. The van der Waals surface area contributed by atoms with Gasteiger partial charge in [-0.3, -0.25) is 0 Å². The molecule has 0 aliphatic heterocycles. The lowest BCUT2D eigenvalue weighted by Gasteiger charge is -2.31. The Kier molecular flexibility index (Phi) is 8.59. The Hall–Kier alpha value is -0.300. The van der Waals surface area contributed by atoms with Gasteiger partial charge in [0.25, 0.3) is 0 Å². The fraction of sp³-hybridized carbons (Fsp3) is 0.905. The first-order valence-electron chi connectivity index (χ1n) is 10.1. The first kappa shape index (κ1) is 18.0. The van der Waals surface area contributed by atoms with E-state index in [0.717, 1.165) is 24.4 Å². The van der Waals surface area contributed by atoms with Crippen molar-refractivity contribution in [3.8, 4) is 0 Å². The van der Waals surface area contributed by atoms with Gasteiger partial charge < -0.3 is 4.74 Å². The van der Waals surface area contributed by atoms with Crippen LogP contribution in [0.15, 0.2) is 12.7 Å². The molecule has 0 aromatic rings. The molecule has 0 spiro atoms. The van der Waals surface area contributed by atoms with E-state index < -0.39 is 0 Å². The van der Waals surface area contributed by atoms with E-state index in [0.29, 0.717) is 6.10 Å². The highest BCUT2D eigenvalue weighted by molar-refractivity contribution is 4.84. The Labute approximate surface area is 138 Å². The maximum absolute atomic E-state index is 6.04. The first-order valence-corrected chi connectivity index (χ1v) is 10.1. The average Bonchev–Trinajstić information content (AvgIpc) is 2.58. The van der Waals surface area contributed by atoms with Crippen molar-refractivity contribution < 1.29 is 4.74 Å². The molecule has 0 heterocycles. The fourth-order valence-corrected chi connectivity index (χ4v) is 4.37.